The average Bonchev–Trinajstić information content (AvgIpc) is 2.90. The third-order valence-corrected chi connectivity index (χ3v) is 2.93. The summed E-state index contributed by atoms with van der Waals surface area (Å²) in [5.74, 6) is 0.561. The van der Waals surface area contributed by atoms with Crippen molar-refractivity contribution in [3.63, 3.8) is 0 Å². The molecule has 1 aromatic carbocycles. The van der Waals surface area contributed by atoms with Crippen LogP contribution in [-0.2, 0) is 6.42 Å². The highest BCUT2D eigenvalue weighted by atomic mass is 16.4. The summed E-state index contributed by atoms with van der Waals surface area (Å²) in [4.78, 5) is 0. The van der Waals surface area contributed by atoms with E-state index in [4.69, 9.17) is 9.52 Å². The highest BCUT2D eigenvalue weighted by molar-refractivity contribution is 5.52. The Labute approximate surface area is 118 Å². The minimum absolute atomic E-state index is 0.0370. The number of anilines is 2. The number of aromatic nitrogens is 2. The lowest BCUT2D eigenvalue weighted by Crippen LogP contribution is -2.17. The summed E-state index contributed by atoms with van der Waals surface area (Å²) in [6.45, 7) is 5.01. The average molecular weight is 276 g/mol. The topological polar surface area (TPSA) is 83.2 Å². The van der Waals surface area contributed by atoms with Gasteiger partial charge in [-0.3, -0.25) is 0 Å². The van der Waals surface area contributed by atoms with E-state index in [2.05, 4.69) is 20.8 Å². The second-order valence-electron chi connectivity index (χ2n) is 4.52. The summed E-state index contributed by atoms with van der Waals surface area (Å²) < 4.78 is 5.54. The van der Waals surface area contributed by atoms with Crippen molar-refractivity contribution in [2.24, 2.45) is 0 Å². The van der Waals surface area contributed by atoms with E-state index in [-0.39, 0.29) is 12.6 Å². The quantitative estimate of drug-likeness (QED) is 0.717. The molecule has 1 heterocycles. The van der Waals surface area contributed by atoms with Gasteiger partial charge in [-0.15, -0.1) is 5.10 Å². The second-order valence-corrected chi connectivity index (χ2v) is 4.52. The smallest absolute Gasteiger partial charge is 0.320 e. The van der Waals surface area contributed by atoms with Crippen molar-refractivity contribution in [3.8, 4) is 0 Å². The maximum absolute atomic E-state index is 8.87. The first-order chi connectivity index (χ1) is 9.72. The molecule has 0 aliphatic carbocycles. The first kappa shape index (κ1) is 14.5. The molecule has 1 atom stereocenters. The van der Waals surface area contributed by atoms with Crippen LogP contribution < -0.4 is 10.6 Å². The summed E-state index contributed by atoms with van der Waals surface area (Å²) in [7, 11) is 0. The molecule has 0 radical (unpaired) electrons. The molecule has 6 heteroatoms. The first-order valence-electron chi connectivity index (χ1n) is 6.76. The fourth-order valence-corrected chi connectivity index (χ4v) is 1.86. The zero-order valence-corrected chi connectivity index (χ0v) is 11.8. The van der Waals surface area contributed by atoms with Gasteiger partial charge in [-0.05, 0) is 37.6 Å². The van der Waals surface area contributed by atoms with Crippen LogP contribution in [0.15, 0.2) is 28.7 Å². The molecule has 108 valence electrons. The number of rotatable bonds is 7. The van der Waals surface area contributed by atoms with Crippen molar-refractivity contribution in [1.82, 2.24) is 15.5 Å². The molecule has 1 unspecified atom stereocenters. The van der Waals surface area contributed by atoms with Crippen molar-refractivity contribution in [2.45, 2.75) is 26.3 Å². The number of nitrogens with zero attached hydrogens (tertiary/aromatic N) is 2. The molecule has 0 saturated carbocycles. The van der Waals surface area contributed by atoms with Crippen molar-refractivity contribution in [1.29, 1.82) is 0 Å². The van der Waals surface area contributed by atoms with E-state index in [1.54, 1.807) is 0 Å². The first-order valence-corrected chi connectivity index (χ1v) is 6.76. The lowest BCUT2D eigenvalue weighted by molar-refractivity contribution is 0.299. The van der Waals surface area contributed by atoms with Crippen LogP contribution in [0.2, 0.25) is 0 Å². The molecule has 0 bridgehead atoms. The molecule has 2 rings (SSSR count). The maximum atomic E-state index is 8.87. The molecule has 2 aromatic rings. The van der Waals surface area contributed by atoms with Crippen LogP contribution in [0.3, 0.4) is 0 Å². The number of aliphatic hydroxyl groups excluding tert-OH is 1. The van der Waals surface area contributed by atoms with E-state index >= 15 is 0 Å². The number of benzene rings is 1. The molecule has 0 saturated heterocycles. The monoisotopic (exact) mass is 276 g/mol. The zero-order valence-electron chi connectivity index (χ0n) is 11.8. The van der Waals surface area contributed by atoms with Gasteiger partial charge >= 0.3 is 6.01 Å². The van der Waals surface area contributed by atoms with Gasteiger partial charge in [0.05, 0.1) is 6.04 Å². The Hall–Kier alpha value is -1.92. The van der Waals surface area contributed by atoms with Crippen LogP contribution in [0.4, 0.5) is 11.7 Å². The van der Waals surface area contributed by atoms with Crippen molar-refractivity contribution < 1.29 is 9.52 Å². The largest absolute Gasteiger partial charge is 0.406 e. The molecule has 1 aromatic heterocycles. The number of aliphatic hydroxyl groups is 1. The Kier molecular flexibility index (Phi) is 5.09. The summed E-state index contributed by atoms with van der Waals surface area (Å²) in [5.41, 5.74) is 1.96. The molecule has 6 nitrogen and oxygen atoms in total. The third kappa shape index (κ3) is 3.79. The molecule has 0 aliphatic heterocycles. The van der Waals surface area contributed by atoms with Crippen LogP contribution in [0, 0.1) is 0 Å². The number of hydrogen-bond acceptors (Lipinski definition) is 6. The normalized spacial score (nSPS) is 12.3. The van der Waals surface area contributed by atoms with Crippen LogP contribution in [-0.4, -0.2) is 28.5 Å². The summed E-state index contributed by atoms with van der Waals surface area (Å²) >= 11 is 0. The van der Waals surface area contributed by atoms with Crippen LogP contribution in [0.25, 0.3) is 0 Å². The molecule has 3 N–H and O–H groups in total. The fraction of sp³-hybridized carbons (Fsp3) is 0.429. The predicted octanol–water partition coefficient (Wildman–Crippen LogP) is 2.02. The van der Waals surface area contributed by atoms with Crippen molar-refractivity contribution in [3.05, 3.63) is 35.7 Å². The minimum Gasteiger partial charge on any atom is -0.406 e. The zero-order chi connectivity index (χ0) is 14.4. The van der Waals surface area contributed by atoms with Gasteiger partial charge < -0.3 is 20.2 Å². The standard InChI is InChI=1S/C14H20N4O2/c1-3-15-10(2)13-17-18-14(20-13)16-12-6-4-11(5-7-12)8-9-19/h4-7,10,15,19H,3,8-9H2,1-2H3,(H,16,18). The van der Waals surface area contributed by atoms with E-state index in [9.17, 15) is 0 Å². The van der Waals surface area contributed by atoms with E-state index in [0.717, 1.165) is 17.8 Å². The van der Waals surface area contributed by atoms with Crippen molar-refractivity contribution in [2.75, 3.05) is 18.5 Å². The highest BCUT2D eigenvalue weighted by Gasteiger charge is 2.12. The molecular weight excluding hydrogens is 256 g/mol. The Morgan fingerprint density at radius 2 is 2.00 bits per heavy atom. The third-order valence-electron chi connectivity index (χ3n) is 2.93. The van der Waals surface area contributed by atoms with E-state index < -0.39 is 0 Å². The number of nitrogens with one attached hydrogen (secondary N) is 2. The SMILES string of the molecule is CCNC(C)c1nnc(Nc2ccc(CCO)cc2)o1. The molecule has 0 spiro atoms. The van der Waals surface area contributed by atoms with Gasteiger partial charge in [0.25, 0.3) is 0 Å². The van der Waals surface area contributed by atoms with Gasteiger partial charge in [-0.2, -0.15) is 0 Å². The Morgan fingerprint density at radius 3 is 2.65 bits per heavy atom. The molecular formula is C14H20N4O2. The van der Waals surface area contributed by atoms with Crippen LogP contribution in [0.5, 0.6) is 0 Å². The highest BCUT2D eigenvalue weighted by Crippen LogP contribution is 2.18. The van der Waals surface area contributed by atoms with Gasteiger partial charge in [0.2, 0.25) is 5.89 Å². The van der Waals surface area contributed by atoms with Gasteiger partial charge in [0.1, 0.15) is 0 Å². The van der Waals surface area contributed by atoms with Crippen LogP contribution in [0.1, 0.15) is 31.3 Å². The van der Waals surface area contributed by atoms with Gasteiger partial charge in [-0.1, -0.05) is 24.2 Å². The molecule has 0 amide bonds. The lowest BCUT2D eigenvalue weighted by Gasteiger charge is -2.06. The lowest BCUT2D eigenvalue weighted by atomic mass is 10.1. The second kappa shape index (κ2) is 7.02. The Morgan fingerprint density at radius 1 is 1.25 bits per heavy atom. The van der Waals surface area contributed by atoms with E-state index in [0.29, 0.717) is 18.3 Å². The summed E-state index contributed by atoms with van der Waals surface area (Å²) in [6.07, 6.45) is 0.658. The molecule has 20 heavy (non-hydrogen) atoms. The van der Waals surface area contributed by atoms with Crippen molar-refractivity contribution >= 4 is 11.7 Å². The van der Waals surface area contributed by atoms with Gasteiger partial charge in [-0.25, -0.2) is 0 Å². The summed E-state index contributed by atoms with van der Waals surface area (Å²) in [6, 6.07) is 8.16. The predicted molar refractivity (Wildman–Crippen MR) is 76.9 cm³/mol. The maximum Gasteiger partial charge on any atom is 0.320 e. The summed E-state index contributed by atoms with van der Waals surface area (Å²) in [5, 5.41) is 23.1. The Bertz CT molecular complexity index is 524. The Balaban J connectivity index is 1.99. The minimum atomic E-state index is 0.0370. The molecule has 0 aliphatic rings. The van der Waals surface area contributed by atoms with Gasteiger partial charge in [0.15, 0.2) is 0 Å². The number of hydrogen-bond donors (Lipinski definition) is 3. The van der Waals surface area contributed by atoms with Crippen LogP contribution >= 0.6 is 0 Å². The van der Waals surface area contributed by atoms with Gasteiger partial charge in [0, 0.05) is 12.3 Å². The fourth-order valence-electron chi connectivity index (χ4n) is 1.86. The van der Waals surface area contributed by atoms with E-state index in [1.807, 2.05) is 38.1 Å². The molecule has 0 fully saturated rings. The van der Waals surface area contributed by atoms with E-state index in [1.165, 1.54) is 0 Å².